The molecule has 4 aromatic carbocycles. The van der Waals surface area contributed by atoms with Crippen molar-refractivity contribution in [2.24, 2.45) is 0 Å². The minimum atomic E-state index is 0.694. The average Bonchev–Trinajstić information content (AvgIpc) is 2.90. The molecule has 6 aromatic rings. The lowest BCUT2D eigenvalue weighted by Gasteiger charge is -2.09. The van der Waals surface area contributed by atoms with E-state index in [0.717, 1.165) is 53.8 Å². The highest BCUT2D eigenvalue weighted by atomic mass is 79.9. The van der Waals surface area contributed by atoms with E-state index in [1.54, 1.807) is 12.7 Å². The van der Waals surface area contributed by atoms with Crippen LogP contribution in [-0.2, 0) is 0 Å². The van der Waals surface area contributed by atoms with Crippen molar-refractivity contribution in [3.05, 3.63) is 107 Å². The van der Waals surface area contributed by atoms with Gasteiger partial charge in [-0.25, -0.2) is 19.9 Å². The van der Waals surface area contributed by atoms with Crippen molar-refractivity contribution >= 4 is 88.1 Å². The van der Waals surface area contributed by atoms with E-state index in [1.165, 1.54) is 0 Å². The number of hydrogen-bond acceptors (Lipinski definition) is 8. The second kappa shape index (κ2) is 11.4. The zero-order valence-corrected chi connectivity index (χ0v) is 23.1. The molecule has 0 aliphatic heterocycles. The number of nitrogens with two attached hydrogens (primary N) is 2. The predicted molar refractivity (Wildman–Crippen MR) is 163 cm³/mol. The fraction of sp³-hybridized carbons (Fsp3) is 0. The molecule has 0 saturated carbocycles. The summed E-state index contributed by atoms with van der Waals surface area (Å²) in [7, 11) is 0. The highest BCUT2D eigenvalue weighted by Crippen LogP contribution is 2.27. The van der Waals surface area contributed by atoms with Crippen LogP contribution in [0.1, 0.15) is 0 Å². The van der Waals surface area contributed by atoms with Crippen molar-refractivity contribution in [2.45, 2.75) is 0 Å². The van der Waals surface area contributed by atoms with E-state index in [0.29, 0.717) is 11.4 Å². The van der Waals surface area contributed by atoms with E-state index in [-0.39, 0.29) is 0 Å². The number of rotatable bonds is 4. The second-order valence-corrected chi connectivity index (χ2v) is 10.1. The Morgan fingerprint density at radius 1 is 0.526 bits per heavy atom. The summed E-state index contributed by atoms with van der Waals surface area (Å²) in [5.41, 5.74) is 16.7. The molecular formula is C28H22Br2N8. The number of hydrogen-bond donors (Lipinski definition) is 4. The third-order valence-electron chi connectivity index (χ3n) is 5.49. The number of nitrogens with one attached hydrogen (secondary N) is 2. The van der Waals surface area contributed by atoms with Gasteiger partial charge in [-0.15, -0.1) is 0 Å². The van der Waals surface area contributed by atoms with E-state index >= 15 is 0 Å². The molecule has 10 heteroatoms. The van der Waals surface area contributed by atoms with Gasteiger partial charge in [-0.2, -0.15) is 0 Å². The molecule has 188 valence electrons. The smallest absolute Gasteiger partial charge is 0.141 e. The van der Waals surface area contributed by atoms with Gasteiger partial charge in [0.2, 0.25) is 0 Å². The van der Waals surface area contributed by atoms with Gasteiger partial charge in [0, 0.05) is 42.5 Å². The van der Waals surface area contributed by atoms with Gasteiger partial charge >= 0.3 is 0 Å². The Morgan fingerprint density at radius 2 is 0.974 bits per heavy atom. The Bertz CT molecular complexity index is 1610. The molecule has 2 heterocycles. The number of halogens is 2. The molecule has 2 aromatic heterocycles. The standard InChI is InChI=1S/2C14H11BrN4/c2*15-9-2-1-3-11(6-9)19-14-12-7-10(16)4-5-13(12)17-8-18-14/h2*1-8H,16H2,(H,17,18,19). The van der Waals surface area contributed by atoms with Crippen molar-refractivity contribution < 1.29 is 0 Å². The Balaban J connectivity index is 0.000000155. The summed E-state index contributed by atoms with van der Waals surface area (Å²) in [4.78, 5) is 17.0. The highest BCUT2D eigenvalue weighted by molar-refractivity contribution is 9.10. The fourth-order valence-corrected chi connectivity index (χ4v) is 4.55. The maximum atomic E-state index is 5.82. The third kappa shape index (κ3) is 6.16. The van der Waals surface area contributed by atoms with Crippen LogP contribution in [0.3, 0.4) is 0 Å². The number of benzene rings is 4. The fourth-order valence-electron chi connectivity index (χ4n) is 3.75. The van der Waals surface area contributed by atoms with Crippen LogP contribution in [0, 0.1) is 0 Å². The normalized spacial score (nSPS) is 10.6. The molecule has 0 radical (unpaired) electrons. The van der Waals surface area contributed by atoms with E-state index in [1.807, 2.05) is 84.9 Å². The van der Waals surface area contributed by atoms with Gasteiger partial charge in [-0.05, 0) is 72.8 Å². The second-order valence-electron chi connectivity index (χ2n) is 8.27. The Morgan fingerprint density at radius 3 is 1.39 bits per heavy atom. The quantitative estimate of drug-likeness (QED) is 0.148. The van der Waals surface area contributed by atoms with Crippen molar-refractivity contribution in [3.8, 4) is 0 Å². The third-order valence-corrected chi connectivity index (χ3v) is 6.48. The van der Waals surface area contributed by atoms with Crippen LogP contribution >= 0.6 is 31.9 Å². The monoisotopic (exact) mass is 628 g/mol. The van der Waals surface area contributed by atoms with Crippen LogP contribution in [0.15, 0.2) is 107 Å². The maximum absolute atomic E-state index is 5.82. The molecule has 0 bridgehead atoms. The first-order valence-corrected chi connectivity index (χ1v) is 13.1. The topological polar surface area (TPSA) is 128 Å². The molecule has 6 N–H and O–H groups in total. The summed E-state index contributed by atoms with van der Waals surface area (Å²) < 4.78 is 2.02. The Hall–Kier alpha value is -4.28. The van der Waals surface area contributed by atoms with Crippen LogP contribution in [0.25, 0.3) is 21.8 Å². The van der Waals surface area contributed by atoms with Gasteiger partial charge in [0.05, 0.1) is 11.0 Å². The van der Waals surface area contributed by atoms with E-state index in [2.05, 4.69) is 62.4 Å². The van der Waals surface area contributed by atoms with Crippen LogP contribution in [0.2, 0.25) is 0 Å². The molecule has 8 nitrogen and oxygen atoms in total. The zero-order valence-electron chi connectivity index (χ0n) is 19.9. The minimum absolute atomic E-state index is 0.694. The lowest BCUT2D eigenvalue weighted by atomic mass is 10.2. The van der Waals surface area contributed by atoms with Gasteiger partial charge in [0.25, 0.3) is 0 Å². The number of fused-ring (bicyclic) bond motifs is 2. The van der Waals surface area contributed by atoms with Gasteiger partial charge in [0.1, 0.15) is 24.3 Å². The lowest BCUT2D eigenvalue weighted by molar-refractivity contribution is 1.22. The maximum Gasteiger partial charge on any atom is 0.141 e. The van der Waals surface area contributed by atoms with Crippen molar-refractivity contribution in [1.29, 1.82) is 0 Å². The number of nitrogens with zero attached hydrogens (tertiary/aromatic N) is 4. The predicted octanol–water partition coefficient (Wildman–Crippen LogP) is 7.44. The van der Waals surface area contributed by atoms with Gasteiger partial charge in [-0.1, -0.05) is 44.0 Å². The molecule has 6 rings (SSSR count). The molecule has 0 atom stereocenters. The minimum Gasteiger partial charge on any atom is -0.399 e. The molecule has 0 aliphatic rings. The van der Waals surface area contributed by atoms with Gasteiger partial charge < -0.3 is 22.1 Å². The number of aromatic nitrogens is 4. The molecule has 0 spiro atoms. The van der Waals surface area contributed by atoms with Crippen molar-refractivity contribution in [2.75, 3.05) is 22.1 Å². The Labute approximate surface area is 235 Å². The van der Waals surface area contributed by atoms with Crippen molar-refractivity contribution in [1.82, 2.24) is 19.9 Å². The average molecular weight is 630 g/mol. The zero-order chi connectivity index (χ0) is 26.5. The molecular weight excluding hydrogens is 608 g/mol. The summed E-state index contributed by atoms with van der Waals surface area (Å²) >= 11 is 6.89. The number of anilines is 6. The molecule has 0 amide bonds. The van der Waals surface area contributed by atoms with Crippen LogP contribution in [0.4, 0.5) is 34.4 Å². The van der Waals surface area contributed by atoms with E-state index in [9.17, 15) is 0 Å². The van der Waals surface area contributed by atoms with E-state index < -0.39 is 0 Å². The summed E-state index contributed by atoms with van der Waals surface area (Å²) in [6, 6.07) is 27.0. The summed E-state index contributed by atoms with van der Waals surface area (Å²) in [5.74, 6) is 1.49. The number of nitrogen functional groups attached to an aromatic ring is 2. The molecule has 0 saturated heterocycles. The molecule has 38 heavy (non-hydrogen) atoms. The summed E-state index contributed by atoms with van der Waals surface area (Å²) in [5, 5.41) is 8.37. The first kappa shape index (κ1) is 25.4. The van der Waals surface area contributed by atoms with Crippen LogP contribution in [0.5, 0.6) is 0 Å². The first-order valence-electron chi connectivity index (χ1n) is 11.5. The SMILES string of the molecule is Nc1ccc2ncnc(Nc3cccc(Br)c3)c2c1.Nc1ccc2ncnc(Nc3cccc(Br)c3)c2c1. The first-order chi connectivity index (χ1) is 18.4. The van der Waals surface area contributed by atoms with Gasteiger partial charge in [0.15, 0.2) is 0 Å². The van der Waals surface area contributed by atoms with Gasteiger partial charge in [-0.3, -0.25) is 0 Å². The summed E-state index contributed by atoms with van der Waals surface area (Å²) in [6.45, 7) is 0. The molecule has 0 aliphatic carbocycles. The Kier molecular flexibility index (Phi) is 7.62. The van der Waals surface area contributed by atoms with E-state index in [4.69, 9.17) is 11.5 Å². The van der Waals surface area contributed by atoms with Crippen LogP contribution < -0.4 is 22.1 Å². The van der Waals surface area contributed by atoms with Crippen LogP contribution in [-0.4, -0.2) is 19.9 Å². The van der Waals surface area contributed by atoms with Crippen molar-refractivity contribution in [3.63, 3.8) is 0 Å². The highest BCUT2D eigenvalue weighted by Gasteiger charge is 2.06. The molecule has 0 unspecified atom stereocenters. The largest absolute Gasteiger partial charge is 0.399 e. The lowest BCUT2D eigenvalue weighted by Crippen LogP contribution is -1.96. The summed E-state index contributed by atoms with van der Waals surface area (Å²) in [6.07, 6.45) is 3.08. The molecule has 0 fully saturated rings.